The third kappa shape index (κ3) is 2.14. The minimum atomic E-state index is -0.166. The van der Waals surface area contributed by atoms with Crippen molar-refractivity contribution in [3.05, 3.63) is 12.2 Å². The van der Waals surface area contributed by atoms with Gasteiger partial charge in [0.1, 0.15) is 5.60 Å². The third-order valence-corrected chi connectivity index (χ3v) is 4.84. The van der Waals surface area contributed by atoms with Crippen molar-refractivity contribution in [3.63, 3.8) is 0 Å². The fraction of sp³-hybridized carbons (Fsp3) is 0.800. The number of esters is 1. The highest BCUT2D eigenvalue weighted by atomic mass is 16.6. The lowest BCUT2D eigenvalue weighted by Gasteiger charge is -2.34. The lowest BCUT2D eigenvalue weighted by molar-refractivity contribution is -0.167. The zero-order valence-corrected chi connectivity index (χ0v) is 10.7. The summed E-state index contributed by atoms with van der Waals surface area (Å²) in [6, 6.07) is 0. The van der Waals surface area contributed by atoms with Gasteiger partial charge >= 0.3 is 5.97 Å². The molecule has 0 aromatic heterocycles. The van der Waals surface area contributed by atoms with Gasteiger partial charge in [-0.1, -0.05) is 18.6 Å². The van der Waals surface area contributed by atoms with E-state index in [9.17, 15) is 4.79 Å². The molecule has 2 saturated carbocycles. The van der Waals surface area contributed by atoms with Crippen molar-refractivity contribution < 1.29 is 9.53 Å². The summed E-state index contributed by atoms with van der Waals surface area (Å²) in [4.78, 5) is 12.3. The maximum absolute atomic E-state index is 12.3. The number of allylic oxidation sites excluding steroid dienone is 2. The van der Waals surface area contributed by atoms with Crippen LogP contribution in [0.1, 0.15) is 51.9 Å². The van der Waals surface area contributed by atoms with Crippen LogP contribution in [0.2, 0.25) is 0 Å². The van der Waals surface area contributed by atoms with Crippen LogP contribution in [0.25, 0.3) is 0 Å². The molecular formula is C15H22O2. The Kier molecular flexibility index (Phi) is 2.76. The Balaban J connectivity index is 1.61. The number of hydrogen-bond acceptors (Lipinski definition) is 2. The highest BCUT2D eigenvalue weighted by Gasteiger charge is 2.43. The SMILES string of the molecule is CC1(OC(=O)[C@@H]2C[C@@H]3C=C[C@H]2C3)CCCCC1. The van der Waals surface area contributed by atoms with Gasteiger partial charge in [-0.2, -0.15) is 0 Å². The fourth-order valence-electron chi connectivity index (χ4n) is 3.77. The van der Waals surface area contributed by atoms with Gasteiger partial charge in [-0.05, 0) is 57.3 Å². The van der Waals surface area contributed by atoms with E-state index in [-0.39, 0.29) is 17.5 Å². The van der Waals surface area contributed by atoms with E-state index in [1.807, 2.05) is 0 Å². The van der Waals surface area contributed by atoms with E-state index in [1.165, 1.54) is 25.7 Å². The van der Waals surface area contributed by atoms with Crippen molar-refractivity contribution in [3.8, 4) is 0 Å². The van der Waals surface area contributed by atoms with Crippen LogP contribution in [-0.4, -0.2) is 11.6 Å². The van der Waals surface area contributed by atoms with Gasteiger partial charge in [-0.15, -0.1) is 0 Å². The third-order valence-electron chi connectivity index (χ3n) is 4.84. The summed E-state index contributed by atoms with van der Waals surface area (Å²) in [7, 11) is 0. The monoisotopic (exact) mass is 234 g/mol. The molecule has 0 spiro atoms. The Morgan fingerprint density at radius 2 is 1.94 bits per heavy atom. The summed E-state index contributed by atoms with van der Waals surface area (Å²) in [5.41, 5.74) is -0.166. The minimum absolute atomic E-state index is 0.0752. The molecule has 3 atom stereocenters. The van der Waals surface area contributed by atoms with Crippen molar-refractivity contribution in [2.24, 2.45) is 17.8 Å². The van der Waals surface area contributed by atoms with Gasteiger partial charge in [0.2, 0.25) is 0 Å². The van der Waals surface area contributed by atoms with Gasteiger partial charge in [0.05, 0.1) is 5.92 Å². The largest absolute Gasteiger partial charge is 0.459 e. The molecule has 2 nitrogen and oxygen atoms in total. The molecule has 3 aliphatic rings. The van der Waals surface area contributed by atoms with Crippen molar-refractivity contribution in [1.29, 1.82) is 0 Å². The summed E-state index contributed by atoms with van der Waals surface area (Å²) < 4.78 is 5.84. The van der Waals surface area contributed by atoms with Crippen molar-refractivity contribution >= 4 is 5.97 Å². The zero-order chi connectivity index (χ0) is 11.9. The first-order chi connectivity index (χ1) is 8.16. The first kappa shape index (κ1) is 11.3. The molecule has 17 heavy (non-hydrogen) atoms. The van der Waals surface area contributed by atoms with Crippen molar-refractivity contribution in [2.75, 3.05) is 0 Å². The molecule has 0 amide bonds. The van der Waals surface area contributed by atoms with Crippen LogP contribution >= 0.6 is 0 Å². The Bertz CT molecular complexity index is 339. The molecule has 0 aromatic carbocycles. The van der Waals surface area contributed by atoms with E-state index in [1.54, 1.807) is 0 Å². The second kappa shape index (κ2) is 4.15. The average Bonchev–Trinajstić information content (AvgIpc) is 2.91. The van der Waals surface area contributed by atoms with Gasteiger partial charge in [-0.3, -0.25) is 4.79 Å². The van der Waals surface area contributed by atoms with Crippen molar-refractivity contribution in [2.45, 2.75) is 57.5 Å². The number of carbonyl (C=O) groups excluding carboxylic acids is 1. The molecule has 3 rings (SSSR count). The van der Waals surface area contributed by atoms with Crippen LogP contribution in [0.5, 0.6) is 0 Å². The van der Waals surface area contributed by atoms with Crippen LogP contribution in [0, 0.1) is 17.8 Å². The van der Waals surface area contributed by atoms with E-state index in [2.05, 4.69) is 19.1 Å². The maximum Gasteiger partial charge on any atom is 0.310 e. The number of ether oxygens (including phenoxy) is 1. The van der Waals surface area contributed by atoms with Gasteiger partial charge in [0.15, 0.2) is 0 Å². The average molecular weight is 234 g/mol. The first-order valence-corrected chi connectivity index (χ1v) is 7.07. The summed E-state index contributed by atoms with van der Waals surface area (Å²) in [6.45, 7) is 2.12. The van der Waals surface area contributed by atoms with E-state index >= 15 is 0 Å². The van der Waals surface area contributed by atoms with Gasteiger partial charge in [0, 0.05) is 0 Å². The standard InChI is InChI=1S/C15H22O2/c1-15(7-3-2-4-8-15)17-14(16)13-10-11-5-6-12(13)9-11/h5-6,11-13H,2-4,7-10H2,1H3/t11-,12+,13-/m1/s1. The molecule has 2 heteroatoms. The Morgan fingerprint density at radius 1 is 1.18 bits per heavy atom. The zero-order valence-electron chi connectivity index (χ0n) is 10.7. The van der Waals surface area contributed by atoms with E-state index in [0.717, 1.165) is 19.3 Å². The second-order valence-electron chi connectivity index (χ2n) is 6.32. The number of rotatable bonds is 2. The minimum Gasteiger partial charge on any atom is -0.459 e. The highest BCUT2D eigenvalue weighted by molar-refractivity contribution is 5.74. The fourth-order valence-corrected chi connectivity index (χ4v) is 3.77. The molecule has 0 heterocycles. The summed E-state index contributed by atoms with van der Waals surface area (Å²) in [6.07, 6.45) is 12.5. The van der Waals surface area contributed by atoms with Crippen molar-refractivity contribution in [1.82, 2.24) is 0 Å². The molecule has 0 radical (unpaired) electrons. The van der Waals surface area contributed by atoms with Crippen LogP contribution in [0.3, 0.4) is 0 Å². The van der Waals surface area contributed by atoms with Crippen LogP contribution in [0.15, 0.2) is 12.2 Å². The molecular weight excluding hydrogens is 212 g/mol. The Labute approximate surface area is 103 Å². The smallest absolute Gasteiger partial charge is 0.310 e. The van der Waals surface area contributed by atoms with Gasteiger partial charge in [-0.25, -0.2) is 0 Å². The quantitative estimate of drug-likeness (QED) is 0.540. The topological polar surface area (TPSA) is 26.3 Å². The molecule has 0 aliphatic heterocycles. The lowest BCUT2D eigenvalue weighted by atomic mass is 9.86. The maximum atomic E-state index is 12.3. The van der Waals surface area contributed by atoms with Crippen LogP contribution < -0.4 is 0 Å². The molecule has 0 saturated heterocycles. The molecule has 2 fully saturated rings. The molecule has 0 unspecified atom stereocenters. The first-order valence-electron chi connectivity index (χ1n) is 7.07. The van der Waals surface area contributed by atoms with E-state index in [0.29, 0.717) is 11.8 Å². The number of fused-ring (bicyclic) bond motifs is 2. The second-order valence-corrected chi connectivity index (χ2v) is 6.32. The molecule has 3 aliphatic carbocycles. The molecule has 0 aromatic rings. The summed E-state index contributed by atoms with van der Waals surface area (Å²) in [5, 5.41) is 0. The lowest BCUT2D eigenvalue weighted by Crippen LogP contribution is -2.37. The predicted octanol–water partition coefficient (Wildman–Crippen LogP) is 3.46. The van der Waals surface area contributed by atoms with Crippen LogP contribution in [-0.2, 0) is 9.53 Å². The summed E-state index contributed by atoms with van der Waals surface area (Å²) >= 11 is 0. The molecule has 0 N–H and O–H groups in total. The Morgan fingerprint density at radius 3 is 2.53 bits per heavy atom. The van der Waals surface area contributed by atoms with E-state index < -0.39 is 0 Å². The van der Waals surface area contributed by atoms with E-state index in [4.69, 9.17) is 4.74 Å². The highest BCUT2D eigenvalue weighted by Crippen LogP contribution is 2.45. The van der Waals surface area contributed by atoms with Crippen LogP contribution in [0.4, 0.5) is 0 Å². The molecule has 2 bridgehead atoms. The van der Waals surface area contributed by atoms with Gasteiger partial charge in [0.25, 0.3) is 0 Å². The molecule has 94 valence electrons. The summed E-state index contributed by atoms with van der Waals surface area (Å²) in [5.74, 6) is 1.35. The number of hydrogen-bond donors (Lipinski definition) is 0. The predicted molar refractivity (Wildman–Crippen MR) is 66.4 cm³/mol. The number of carbonyl (C=O) groups is 1. The van der Waals surface area contributed by atoms with Gasteiger partial charge < -0.3 is 4.74 Å². The Hall–Kier alpha value is -0.790. The normalized spacial score (nSPS) is 38.3.